The molecule has 0 unspecified atom stereocenters. The van der Waals surface area contributed by atoms with Crippen molar-refractivity contribution in [2.75, 3.05) is 0 Å². The number of imidazole rings is 1. The van der Waals surface area contributed by atoms with E-state index in [1.165, 1.54) is 0 Å². The van der Waals surface area contributed by atoms with E-state index in [0.29, 0.717) is 17.8 Å². The van der Waals surface area contributed by atoms with E-state index in [-0.39, 0.29) is 5.88 Å². The molecule has 5 aromatic rings. The summed E-state index contributed by atoms with van der Waals surface area (Å²) >= 11 is 0. The van der Waals surface area contributed by atoms with E-state index in [2.05, 4.69) is 0 Å². The Kier molecular flexibility index (Phi) is 4.30. The average molecular weight is 377 g/mol. The van der Waals surface area contributed by atoms with Crippen LogP contribution in [0.15, 0.2) is 97.2 Å². The standard InChI is InChI=1S/C25H19N3O/c29-25-21(16-18-10-4-1-5-11-18)27-24-23(20-14-8-3-9-15-20)26-22(17-28(24)25)19-12-6-2-7-13-19/h1-15,17,29H,16H2. The van der Waals surface area contributed by atoms with Crippen LogP contribution >= 0.6 is 0 Å². The van der Waals surface area contributed by atoms with Crippen molar-refractivity contribution >= 4 is 5.65 Å². The molecule has 0 aliphatic carbocycles. The largest absolute Gasteiger partial charge is 0.493 e. The molecule has 5 rings (SSSR count). The Labute approximate surface area is 168 Å². The van der Waals surface area contributed by atoms with Crippen LogP contribution < -0.4 is 0 Å². The molecule has 3 aromatic carbocycles. The molecular formula is C25H19N3O. The van der Waals surface area contributed by atoms with Crippen molar-refractivity contribution in [3.8, 4) is 28.4 Å². The monoisotopic (exact) mass is 377 g/mol. The zero-order valence-electron chi connectivity index (χ0n) is 15.7. The second-order valence-corrected chi connectivity index (χ2v) is 6.94. The molecule has 0 aliphatic rings. The van der Waals surface area contributed by atoms with E-state index in [9.17, 15) is 5.11 Å². The van der Waals surface area contributed by atoms with Crippen molar-refractivity contribution < 1.29 is 5.11 Å². The second-order valence-electron chi connectivity index (χ2n) is 6.94. The minimum Gasteiger partial charge on any atom is -0.493 e. The molecule has 140 valence electrons. The maximum absolute atomic E-state index is 11.0. The molecule has 4 nitrogen and oxygen atoms in total. The number of aromatic nitrogens is 3. The summed E-state index contributed by atoms with van der Waals surface area (Å²) in [5, 5.41) is 11.0. The van der Waals surface area contributed by atoms with E-state index in [1.54, 1.807) is 4.40 Å². The van der Waals surface area contributed by atoms with Crippen LogP contribution in [0, 0.1) is 0 Å². The zero-order valence-corrected chi connectivity index (χ0v) is 15.7. The van der Waals surface area contributed by atoms with Gasteiger partial charge < -0.3 is 5.11 Å². The van der Waals surface area contributed by atoms with Gasteiger partial charge in [0.1, 0.15) is 11.4 Å². The molecule has 29 heavy (non-hydrogen) atoms. The van der Waals surface area contributed by atoms with E-state index >= 15 is 0 Å². The summed E-state index contributed by atoms with van der Waals surface area (Å²) in [6.07, 6.45) is 2.41. The molecule has 0 saturated heterocycles. The highest BCUT2D eigenvalue weighted by molar-refractivity contribution is 5.77. The Morgan fingerprint density at radius 3 is 1.93 bits per heavy atom. The quantitative estimate of drug-likeness (QED) is 0.459. The van der Waals surface area contributed by atoms with Crippen LogP contribution in [-0.4, -0.2) is 19.5 Å². The fourth-order valence-corrected chi connectivity index (χ4v) is 3.53. The van der Waals surface area contributed by atoms with Gasteiger partial charge in [0.2, 0.25) is 5.88 Å². The van der Waals surface area contributed by atoms with Crippen LogP contribution in [0.2, 0.25) is 0 Å². The molecule has 1 N–H and O–H groups in total. The summed E-state index contributed by atoms with van der Waals surface area (Å²) in [4.78, 5) is 9.68. The molecule has 2 aromatic heterocycles. The van der Waals surface area contributed by atoms with Gasteiger partial charge in [0.15, 0.2) is 5.65 Å². The van der Waals surface area contributed by atoms with Crippen LogP contribution in [0.5, 0.6) is 5.88 Å². The van der Waals surface area contributed by atoms with E-state index in [1.807, 2.05) is 97.2 Å². The van der Waals surface area contributed by atoms with Gasteiger partial charge in [-0.25, -0.2) is 9.97 Å². The fraction of sp³-hybridized carbons (Fsp3) is 0.0400. The number of benzene rings is 3. The Bertz CT molecular complexity index is 1260. The number of fused-ring (bicyclic) bond motifs is 1. The van der Waals surface area contributed by atoms with Gasteiger partial charge in [0, 0.05) is 23.7 Å². The van der Waals surface area contributed by atoms with Gasteiger partial charge in [0.25, 0.3) is 0 Å². The van der Waals surface area contributed by atoms with E-state index in [0.717, 1.165) is 28.1 Å². The third-order valence-electron chi connectivity index (χ3n) is 4.98. The average Bonchev–Trinajstić information content (AvgIpc) is 3.10. The maximum Gasteiger partial charge on any atom is 0.219 e. The normalized spacial score (nSPS) is 11.0. The van der Waals surface area contributed by atoms with Crippen LogP contribution in [0.4, 0.5) is 0 Å². The molecule has 0 amide bonds. The molecule has 0 radical (unpaired) electrons. The summed E-state index contributed by atoms with van der Waals surface area (Å²) in [6.45, 7) is 0. The van der Waals surface area contributed by atoms with Gasteiger partial charge in [-0.05, 0) is 5.56 Å². The first-order valence-corrected chi connectivity index (χ1v) is 9.55. The summed E-state index contributed by atoms with van der Waals surface area (Å²) in [6, 6.07) is 30.0. The van der Waals surface area contributed by atoms with Gasteiger partial charge in [-0.3, -0.25) is 4.40 Å². The van der Waals surface area contributed by atoms with Crippen molar-refractivity contribution in [3.05, 3.63) is 108 Å². The van der Waals surface area contributed by atoms with Crippen LogP contribution in [-0.2, 0) is 6.42 Å². The van der Waals surface area contributed by atoms with Gasteiger partial charge >= 0.3 is 0 Å². The number of nitrogens with zero attached hydrogens (tertiary/aromatic N) is 3. The Hall–Kier alpha value is -3.92. The molecule has 0 atom stereocenters. The van der Waals surface area contributed by atoms with Crippen molar-refractivity contribution in [2.24, 2.45) is 0 Å². The lowest BCUT2D eigenvalue weighted by Gasteiger charge is -2.08. The fourth-order valence-electron chi connectivity index (χ4n) is 3.53. The smallest absolute Gasteiger partial charge is 0.219 e. The summed E-state index contributed by atoms with van der Waals surface area (Å²) in [5.41, 5.74) is 5.89. The summed E-state index contributed by atoms with van der Waals surface area (Å²) < 4.78 is 1.75. The molecule has 0 aliphatic heterocycles. The third kappa shape index (κ3) is 3.25. The molecule has 0 spiro atoms. The lowest BCUT2D eigenvalue weighted by atomic mass is 10.1. The highest BCUT2D eigenvalue weighted by atomic mass is 16.3. The Morgan fingerprint density at radius 2 is 1.28 bits per heavy atom. The molecular weight excluding hydrogens is 358 g/mol. The molecule has 0 fully saturated rings. The van der Waals surface area contributed by atoms with E-state index in [4.69, 9.17) is 9.97 Å². The number of hydrogen-bond acceptors (Lipinski definition) is 3. The van der Waals surface area contributed by atoms with Crippen molar-refractivity contribution in [1.29, 1.82) is 0 Å². The summed E-state index contributed by atoms with van der Waals surface area (Å²) in [7, 11) is 0. The van der Waals surface area contributed by atoms with E-state index < -0.39 is 0 Å². The lowest BCUT2D eigenvalue weighted by molar-refractivity contribution is 0.442. The topological polar surface area (TPSA) is 50.4 Å². The molecule has 0 saturated carbocycles. The summed E-state index contributed by atoms with van der Waals surface area (Å²) in [5.74, 6) is 0.153. The lowest BCUT2D eigenvalue weighted by Crippen LogP contribution is -1.96. The SMILES string of the molecule is Oc1c(Cc2ccccc2)nc2c(-c3ccccc3)nc(-c3ccccc3)cn12. The first kappa shape index (κ1) is 17.2. The van der Waals surface area contributed by atoms with Gasteiger partial charge in [0.05, 0.1) is 5.69 Å². The second kappa shape index (κ2) is 7.24. The van der Waals surface area contributed by atoms with Gasteiger partial charge in [-0.15, -0.1) is 0 Å². The van der Waals surface area contributed by atoms with Gasteiger partial charge in [-0.2, -0.15) is 0 Å². The first-order chi connectivity index (χ1) is 14.3. The molecule has 0 bridgehead atoms. The number of hydrogen-bond donors (Lipinski definition) is 1. The van der Waals surface area contributed by atoms with Crippen LogP contribution in [0.25, 0.3) is 28.2 Å². The van der Waals surface area contributed by atoms with Crippen LogP contribution in [0.1, 0.15) is 11.3 Å². The minimum atomic E-state index is 0.153. The van der Waals surface area contributed by atoms with Gasteiger partial charge in [-0.1, -0.05) is 91.0 Å². The number of aromatic hydroxyl groups is 1. The third-order valence-corrected chi connectivity index (χ3v) is 4.98. The predicted octanol–water partition coefficient (Wildman–Crippen LogP) is 5.36. The highest BCUT2D eigenvalue weighted by Gasteiger charge is 2.18. The van der Waals surface area contributed by atoms with Crippen molar-refractivity contribution in [2.45, 2.75) is 6.42 Å². The zero-order chi connectivity index (χ0) is 19.6. The van der Waals surface area contributed by atoms with Crippen LogP contribution in [0.3, 0.4) is 0 Å². The number of rotatable bonds is 4. The van der Waals surface area contributed by atoms with Crippen molar-refractivity contribution in [3.63, 3.8) is 0 Å². The predicted molar refractivity (Wildman–Crippen MR) is 115 cm³/mol. The van der Waals surface area contributed by atoms with Crippen molar-refractivity contribution in [1.82, 2.24) is 14.4 Å². The minimum absolute atomic E-state index is 0.153. The Morgan fingerprint density at radius 1 is 0.690 bits per heavy atom. The molecule has 4 heteroatoms. The first-order valence-electron chi connectivity index (χ1n) is 9.55. The molecule has 2 heterocycles. The Balaban J connectivity index is 1.73. The highest BCUT2D eigenvalue weighted by Crippen LogP contribution is 2.31. The maximum atomic E-state index is 11.0.